The monoisotopic (exact) mass is 497 g/mol. The highest BCUT2D eigenvalue weighted by atomic mass is 28.3. The largest absolute Gasteiger partial charge is 0.506 e. The molecule has 1 N–H and O–H groups in total. The Kier molecular flexibility index (Phi) is 6.04. The lowest BCUT2D eigenvalue weighted by Crippen LogP contribution is -2.75. The van der Waals surface area contributed by atoms with Crippen LogP contribution in [0.1, 0.15) is 0 Å². The molecule has 0 saturated carbocycles. The molecule has 0 saturated heterocycles. The molecule has 0 atom stereocenters. The van der Waals surface area contributed by atoms with E-state index in [2.05, 4.69) is 113 Å². The number of rotatable bonds is 6. The number of para-hydroxylation sites is 2. The third-order valence-electron chi connectivity index (χ3n) is 7.00. The zero-order valence-electron chi connectivity index (χ0n) is 20.4. The minimum atomic E-state index is -2.69. The molecule has 5 heteroatoms. The second-order valence-electron chi connectivity index (χ2n) is 9.12. The number of pyridine rings is 1. The van der Waals surface area contributed by atoms with Crippen LogP contribution in [0.25, 0.3) is 0 Å². The fourth-order valence-electron chi connectivity index (χ4n) is 5.27. The van der Waals surface area contributed by atoms with Gasteiger partial charge in [-0.2, -0.15) is 0 Å². The Morgan fingerprint density at radius 1 is 0.595 bits per heavy atom. The molecular formula is C32H27N3OSi. The number of aromatic hydroxyl groups is 1. The number of phenolic OH excluding ortho intramolecular Hbond substituents is 1. The molecule has 4 nitrogen and oxygen atoms in total. The van der Waals surface area contributed by atoms with Crippen molar-refractivity contribution in [2.75, 3.05) is 16.5 Å². The van der Waals surface area contributed by atoms with Gasteiger partial charge in [0.05, 0.1) is 12.4 Å². The van der Waals surface area contributed by atoms with Crippen molar-refractivity contribution in [1.29, 1.82) is 0 Å². The van der Waals surface area contributed by atoms with E-state index in [9.17, 15) is 5.11 Å². The van der Waals surface area contributed by atoms with E-state index < -0.39 is 8.07 Å². The summed E-state index contributed by atoms with van der Waals surface area (Å²) in [6.07, 6.45) is 5.99. The Labute approximate surface area is 218 Å². The van der Waals surface area contributed by atoms with Crippen LogP contribution >= 0.6 is 0 Å². The molecule has 5 aromatic rings. The first-order valence-electron chi connectivity index (χ1n) is 12.4. The van der Waals surface area contributed by atoms with Gasteiger partial charge in [-0.3, -0.25) is 4.98 Å². The molecule has 0 aliphatic carbocycles. The van der Waals surface area contributed by atoms with E-state index in [4.69, 9.17) is 4.98 Å². The SMILES string of the molecule is Oc1ccccc1N1C=CN(c2cccc([Si](c3ccccc3)(c3ccccc3)c3ccccn3)c2)C1. The number of phenols is 1. The van der Waals surface area contributed by atoms with Gasteiger partial charge >= 0.3 is 0 Å². The zero-order valence-corrected chi connectivity index (χ0v) is 21.4. The third-order valence-corrected chi connectivity index (χ3v) is 11.6. The van der Waals surface area contributed by atoms with Gasteiger partial charge in [-0.25, -0.2) is 0 Å². The Hall–Kier alpha value is -4.61. The maximum absolute atomic E-state index is 10.4. The number of benzene rings is 4. The Balaban J connectivity index is 1.49. The van der Waals surface area contributed by atoms with Crippen molar-refractivity contribution in [3.63, 3.8) is 0 Å². The van der Waals surface area contributed by atoms with Gasteiger partial charge in [0, 0.05) is 29.6 Å². The summed E-state index contributed by atoms with van der Waals surface area (Å²) in [5, 5.41) is 15.3. The van der Waals surface area contributed by atoms with Gasteiger partial charge in [0.2, 0.25) is 8.07 Å². The minimum Gasteiger partial charge on any atom is -0.506 e. The van der Waals surface area contributed by atoms with Gasteiger partial charge in [-0.05, 0) is 52.0 Å². The van der Waals surface area contributed by atoms with Crippen LogP contribution in [0.2, 0.25) is 0 Å². The number of nitrogens with zero attached hydrogens (tertiary/aromatic N) is 3. The van der Waals surface area contributed by atoms with Gasteiger partial charge in [0.1, 0.15) is 5.75 Å². The number of anilines is 2. The van der Waals surface area contributed by atoms with Gasteiger partial charge < -0.3 is 14.9 Å². The number of hydrogen-bond donors (Lipinski definition) is 1. The van der Waals surface area contributed by atoms with E-state index in [1.165, 1.54) is 15.6 Å². The molecule has 2 heterocycles. The second-order valence-corrected chi connectivity index (χ2v) is 12.9. The first-order chi connectivity index (χ1) is 18.3. The summed E-state index contributed by atoms with van der Waals surface area (Å²) in [6.45, 7) is 0.621. The van der Waals surface area contributed by atoms with Crippen LogP contribution in [0.4, 0.5) is 11.4 Å². The lowest BCUT2D eigenvalue weighted by atomic mass is 10.3. The number of aromatic nitrogens is 1. The first-order valence-corrected chi connectivity index (χ1v) is 14.4. The summed E-state index contributed by atoms with van der Waals surface area (Å²) in [4.78, 5) is 9.23. The van der Waals surface area contributed by atoms with Crippen molar-refractivity contribution in [1.82, 2.24) is 4.98 Å². The van der Waals surface area contributed by atoms with E-state index in [0.29, 0.717) is 6.67 Å². The molecule has 0 amide bonds. The van der Waals surface area contributed by atoms with E-state index in [1.54, 1.807) is 6.07 Å². The summed E-state index contributed by atoms with van der Waals surface area (Å²) in [7, 11) is -2.69. The summed E-state index contributed by atoms with van der Waals surface area (Å²) in [5.74, 6) is 0.275. The van der Waals surface area contributed by atoms with Crippen LogP contribution in [-0.2, 0) is 0 Å². The van der Waals surface area contributed by atoms with Crippen LogP contribution in [-0.4, -0.2) is 24.8 Å². The molecule has 4 aromatic carbocycles. The predicted molar refractivity (Wildman–Crippen MR) is 155 cm³/mol. The van der Waals surface area contributed by atoms with Crippen LogP contribution in [0.15, 0.2) is 146 Å². The smallest absolute Gasteiger partial charge is 0.201 e. The predicted octanol–water partition coefficient (Wildman–Crippen LogP) is 3.92. The highest BCUT2D eigenvalue weighted by Crippen LogP contribution is 2.30. The maximum atomic E-state index is 10.4. The fraction of sp³-hybridized carbons (Fsp3) is 0.0312. The average Bonchev–Trinajstić information content (AvgIpc) is 3.46. The molecule has 180 valence electrons. The topological polar surface area (TPSA) is 39.6 Å². The second kappa shape index (κ2) is 9.80. The van der Waals surface area contributed by atoms with Crippen molar-refractivity contribution >= 4 is 40.3 Å². The van der Waals surface area contributed by atoms with E-state index in [1.807, 2.05) is 36.7 Å². The summed E-state index contributed by atoms with van der Waals surface area (Å²) >= 11 is 0. The lowest BCUT2D eigenvalue weighted by molar-refractivity contribution is 0.475. The number of hydrogen-bond acceptors (Lipinski definition) is 4. The van der Waals surface area contributed by atoms with Crippen LogP contribution in [0, 0.1) is 0 Å². The van der Waals surface area contributed by atoms with Gasteiger partial charge in [0.25, 0.3) is 0 Å². The zero-order chi connectivity index (χ0) is 25.1. The molecule has 0 spiro atoms. The highest BCUT2D eigenvalue weighted by Gasteiger charge is 2.43. The fourth-order valence-corrected chi connectivity index (χ4v) is 9.87. The molecule has 1 aliphatic rings. The summed E-state index contributed by atoms with van der Waals surface area (Å²) in [5.41, 5.74) is 1.90. The Morgan fingerprint density at radius 3 is 1.89 bits per heavy atom. The van der Waals surface area contributed by atoms with Crippen LogP contribution < -0.4 is 30.7 Å². The van der Waals surface area contributed by atoms with Crippen molar-refractivity contribution in [3.05, 3.63) is 146 Å². The lowest BCUT2D eigenvalue weighted by Gasteiger charge is -2.34. The molecule has 37 heavy (non-hydrogen) atoms. The van der Waals surface area contributed by atoms with Crippen LogP contribution in [0.5, 0.6) is 5.75 Å². The van der Waals surface area contributed by atoms with E-state index in [-0.39, 0.29) is 5.75 Å². The van der Waals surface area contributed by atoms with Gasteiger partial charge in [0.15, 0.2) is 0 Å². The Bertz CT molecular complexity index is 1430. The molecule has 0 bridgehead atoms. The first kappa shape index (κ1) is 22.8. The van der Waals surface area contributed by atoms with E-state index >= 15 is 0 Å². The third kappa shape index (κ3) is 4.09. The van der Waals surface area contributed by atoms with E-state index in [0.717, 1.165) is 16.7 Å². The van der Waals surface area contributed by atoms with Crippen molar-refractivity contribution in [2.45, 2.75) is 0 Å². The molecule has 0 unspecified atom stereocenters. The minimum absolute atomic E-state index is 0.275. The molecule has 1 aliphatic heterocycles. The highest BCUT2D eigenvalue weighted by molar-refractivity contribution is 7.19. The summed E-state index contributed by atoms with van der Waals surface area (Å²) < 4.78 is 0. The normalized spacial score (nSPS) is 13.2. The maximum Gasteiger partial charge on any atom is 0.201 e. The quantitative estimate of drug-likeness (QED) is 0.285. The van der Waals surface area contributed by atoms with Gasteiger partial charge in [-0.15, -0.1) is 0 Å². The molecule has 6 rings (SSSR count). The molecule has 0 fully saturated rings. The van der Waals surface area contributed by atoms with Gasteiger partial charge in [-0.1, -0.05) is 91.0 Å². The molecule has 1 aromatic heterocycles. The van der Waals surface area contributed by atoms with Crippen molar-refractivity contribution in [3.8, 4) is 5.75 Å². The van der Waals surface area contributed by atoms with Crippen LogP contribution in [0.3, 0.4) is 0 Å². The van der Waals surface area contributed by atoms with Crippen molar-refractivity contribution in [2.24, 2.45) is 0 Å². The standard InChI is InChI=1S/C32H27N3OSi/c36-31-19-8-7-18-30(31)35-23-22-34(25-35)26-12-11-17-29(24-26)37(27-13-3-1-4-14-27,28-15-5-2-6-16-28)32-20-9-10-21-33-32/h1-24,36H,25H2. The summed E-state index contributed by atoms with van der Waals surface area (Å²) in [6, 6.07) is 44.2. The average molecular weight is 498 g/mol. The Morgan fingerprint density at radius 2 is 1.22 bits per heavy atom. The van der Waals surface area contributed by atoms with Crippen molar-refractivity contribution < 1.29 is 5.11 Å². The molecule has 0 radical (unpaired) electrons. The molecular weight excluding hydrogens is 470 g/mol.